The zero-order valence-electron chi connectivity index (χ0n) is 12.3. The van der Waals surface area contributed by atoms with Crippen LogP contribution in [0.15, 0.2) is 29.2 Å². The molecule has 0 aliphatic carbocycles. The van der Waals surface area contributed by atoms with Crippen LogP contribution < -0.4 is 4.72 Å². The molecule has 0 radical (unpaired) electrons. The summed E-state index contributed by atoms with van der Waals surface area (Å²) in [4.78, 5) is 4.37. The molecule has 0 spiro atoms. The van der Waals surface area contributed by atoms with Crippen LogP contribution in [0, 0.1) is 6.92 Å². The van der Waals surface area contributed by atoms with Crippen molar-refractivity contribution in [2.24, 2.45) is 0 Å². The average molecular weight is 308 g/mol. The van der Waals surface area contributed by atoms with Gasteiger partial charge in [-0.1, -0.05) is 19.8 Å². The standard InChI is InChI=1S/C15H20N2O3S/c1-3-4-5-10-16-21(19,20)14-9-8-13(18)15-12(14)7-6-11(2)17-15/h6-9,16,18H,3-5,10H2,1-2H3. The van der Waals surface area contributed by atoms with E-state index < -0.39 is 10.0 Å². The number of aromatic nitrogens is 1. The molecule has 0 bridgehead atoms. The summed E-state index contributed by atoms with van der Waals surface area (Å²) in [5.74, 6) is -0.0152. The van der Waals surface area contributed by atoms with E-state index in [9.17, 15) is 13.5 Å². The van der Waals surface area contributed by atoms with Gasteiger partial charge in [-0.25, -0.2) is 18.1 Å². The molecule has 0 saturated heterocycles. The predicted octanol–water partition coefficient (Wildman–Crippen LogP) is 2.72. The summed E-state index contributed by atoms with van der Waals surface area (Å²) >= 11 is 0. The first-order valence-electron chi connectivity index (χ1n) is 7.04. The Morgan fingerprint density at radius 1 is 1.19 bits per heavy atom. The second-order valence-electron chi connectivity index (χ2n) is 5.04. The van der Waals surface area contributed by atoms with Gasteiger partial charge < -0.3 is 5.11 Å². The number of sulfonamides is 1. The Morgan fingerprint density at radius 2 is 1.95 bits per heavy atom. The number of aromatic hydroxyl groups is 1. The number of rotatable bonds is 6. The third-order valence-corrected chi connectivity index (χ3v) is 4.82. The highest BCUT2D eigenvalue weighted by Crippen LogP contribution is 2.28. The van der Waals surface area contributed by atoms with Gasteiger partial charge >= 0.3 is 0 Å². The molecule has 21 heavy (non-hydrogen) atoms. The maximum Gasteiger partial charge on any atom is 0.241 e. The number of phenolic OH excluding ortho intramolecular Hbond substituents is 1. The third-order valence-electron chi connectivity index (χ3n) is 3.30. The molecule has 0 saturated carbocycles. The van der Waals surface area contributed by atoms with E-state index in [0.29, 0.717) is 17.4 Å². The smallest absolute Gasteiger partial charge is 0.241 e. The summed E-state index contributed by atoms with van der Waals surface area (Å²) in [7, 11) is -3.60. The first-order chi connectivity index (χ1) is 9.95. The summed E-state index contributed by atoms with van der Waals surface area (Å²) in [6, 6.07) is 6.20. The van der Waals surface area contributed by atoms with Crippen molar-refractivity contribution in [3.05, 3.63) is 30.0 Å². The van der Waals surface area contributed by atoms with E-state index in [1.807, 2.05) is 0 Å². The molecule has 0 fully saturated rings. The Labute approximate surface area is 125 Å². The molecule has 1 heterocycles. The van der Waals surface area contributed by atoms with Crippen molar-refractivity contribution in [2.75, 3.05) is 6.54 Å². The highest BCUT2D eigenvalue weighted by molar-refractivity contribution is 7.89. The fourth-order valence-corrected chi connectivity index (χ4v) is 3.44. The van der Waals surface area contributed by atoms with Gasteiger partial charge in [-0.3, -0.25) is 0 Å². The molecule has 2 N–H and O–H groups in total. The van der Waals surface area contributed by atoms with Crippen LogP contribution in [0.5, 0.6) is 5.75 Å². The Balaban J connectivity index is 2.40. The van der Waals surface area contributed by atoms with Crippen molar-refractivity contribution in [1.29, 1.82) is 0 Å². The number of fused-ring (bicyclic) bond motifs is 1. The molecule has 0 aliphatic heterocycles. The first-order valence-corrected chi connectivity index (χ1v) is 8.53. The van der Waals surface area contributed by atoms with Gasteiger partial charge in [-0.05, 0) is 37.6 Å². The molecule has 114 valence electrons. The van der Waals surface area contributed by atoms with E-state index in [1.165, 1.54) is 12.1 Å². The number of nitrogens with zero attached hydrogens (tertiary/aromatic N) is 1. The zero-order valence-corrected chi connectivity index (χ0v) is 13.1. The topological polar surface area (TPSA) is 79.3 Å². The number of pyridine rings is 1. The fourth-order valence-electron chi connectivity index (χ4n) is 2.17. The van der Waals surface area contributed by atoms with Crippen LogP contribution in [0.1, 0.15) is 31.9 Å². The second kappa shape index (κ2) is 6.41. The maximum absolute atomic E-state index is 12.4. The van der Waals surface area contributed by atoms with E-state index in [0.717, 1.165) is 25.0 Å². The van der Waals surface area contributed by atoms with Crippen LogP contribution in [-0.4, -0.2) is 25.1 Å². The van der Waals surface area contributed by atoms with Crippen LogP contribution in [0.3, 0.4) is 0 Å². The Morgan fingerprint density at radius 3 is 2.67 bits per heavy atom. The molecule has 0 unspecified atom stereocenters. The Hall–Kier alpha value is -1.66. The van der Waals surface area contributed by atoms with E-state index in [-0.39, 0.29) is 10.6 Å². The van der Waals surface area contributed by atoms with Gasteiger partial charge in [0.05, 0.1) is 4.90 Å². The normalized spacial score (nSPS) is 11.9. The predicted molar refractivity (Wildman–Crippen MR) is 82.9 cm³/mol. The number of nitrogens with one attached hydrogen (secondary N) is 1. The fraction of sp³-hybridized carbons (Fsp3) is 0.400. The van der Waals surface area contributed by atoms with Gasteiger partial charge in [0.2, 0.25) is 10.0 Å². The largest absolute Gasteiger partial charge is 0.506 e. The minimum atomic E-state index is -3.60. The molecule has 5 nitrogen and oxygen atoms in total. The van der Waals surface area contributed by atoms with Crippen LogP contribution >= 0.6 is 0 Å². The summed E-state index contributed by atoms with van der Waals surface area (Å²) in [5, 5.41) is 10.3. The quantitative estimate of drug-likeness (QED) is 0.804. The van der Waals surface area contributed by atoms with Crippen LogP contribution in [0.4, 0.5) is 0 Å². The van der Waals surface area contributed by atoms with Crippen molar-refractivity contribution in [3.8, 4) is 5.75 Å². The van der Waals surface area contributed by atoms with E-state index in [4.69, 9.17) is 0 Å². The first kappa shape index (κ1) is 15.7. The van der Waals surface area contributed by atoms with Crippen molar-refractivity contribution in [2.45, 2.75) is 38.0 Å². The van der Waals surface area contributed by atoms with Crippen molar-refractivity contribution in [1.82, 2.24) is 9.71 Å². The number of aryl methyl sites for hydroxylation is 1. The zero-order chi connectivity index (χ0) is 15.5. The SMILES string of the molecule is CCCCCNS(=O)(=O)c1ccc(O)c2nc(C)ccc12. The third kappa shape index (κ3) is 3.51. The molecule has 1 aromatic carbocycles. The lowest BCUT2D eigenvalue weighted by atomic mass is 10.2. The average Bonchev–Trinajstić information content (AvgIpc) is 2.44. The molecular formula is C15H20N2O3S. The summed E-state index contributed by atoms with van der Waals surface area (Å²) in [5.41, 5.74) is 1.04. The van der Waals surface area contributed by atoms with Crippen LogP contribution in [0.2, 0.25) is 0 Å². The van der Waals surface area contributed by atoms with Crippen molar-refractivity contribution >= 4 is 20.9 Å². The molecular weight excluding hydrogens is 288 g/mol. The van der Waals surface area contributed by atoms with Crippen molar-refractivity contribution in [3.63, 3.8) is 0 Å². The van der Waals surface area contributed by atoms with Gasteiger partial charge in [0.1, 0.15) is 11.3 Å². The lowest BCUT2D eigenvalue weighted by molar-refractivity contribution is 0.480. The summed E-state index contributed by atoms with van der Waals surface area (Å²) in [6.45, 7) is 4.27. The molecule has 2 aromatic rings. The van der Waals surface area contributed by atoms with Gasteiger partial charge in [0, 0.05) is 17.6 Å². The Bertz CT molecular complexity index is 742. The van der Waals surface area contributed by atoms with Gasteiger partial charge in [0.15, 0.2) is 0 Å². The van der Waals surface area contributed by atoms with Gasteiger partial charge in [0.25, 0.3) is 0 Å². The Kier molecular flexibility index (Phi) is 4.80. The van der Waals surface area contributed by atoms with E-state index >= 15 is 0 Å². The van der Waals surface area contributed by atoms with Crippen molar-refractivity contribution < 1.29 is 13.5 Å². The van der Waals surface area contributed by atoms with Gasteiger partial charge in [-0.15, -0.1) is 0 Å². The second-order valence-corrected chi connectivity index (χ2v) is 6.77. The molecule has 1 aromatic heterocycles. The van der Waals surface area contributed by atoms with Crippen LogP contribution in [-0.2, 0) is 10.0 Å². The number of unbranched alkanes of at least 4 members (excludes halogenated alkanes) is 2. The monoisotopic (exact) mass is 308 g/mol. The summed E-state index contributed by atoms with van der Waals surface area (Å²) in [6.07, 6.45) is 2.83. The number of hydrogen-bond acceptors (Lipinski definition) is 4. The summed E-state index contributed by atoms with van der Waals surface area (Å²) < 4.78 is 27.4. The highest BCUT2D eigenvalue weighted by atomic mass is 32.2. The maximum atomic E-state index is 12.4. The molecule has 0 amide bonds. The minimum Gasteiger partial charge on any atom is -0.506 e. The van der Waals surface area contributed by atoms with E-state index in [2.05, 4.69) is 16.6 Å². The van der Waals surface area contributed by atoms with E-state index in [1.54, 1.807) is 19.1 Å². The number of hydrogen-bond donors (Lipinski definition) is 2. The number of benzene rings is 1. The number of phenols is 1. The molecule has 0 atom stereocenters. The van der Waals surface area contributed by atoms with Crippen LogP contribution in [0.25, 0.3) is 10.9 Å². The lowest BCUT2D eigenvalue weighted by Crippen LogP contribution is -2.25. The molecule has 6 heteroatoms. The molecule has 2 rings (SSSR count). The molecule has 0 aliphatic rings. The highest BCUT2D eigenvalue weighted by Gasteiger charge is 2.18. The van der Waals surface area contributed by atoms with Gasteiger partial charge in [-0.2, -0.15) is 0 Å². The minimum absolute atomic E-state index is 0.0152. The lowest BCUT2D eigenvalue weighted by Gasteiger charge is -2.10.